The molecule has 1 aromatic rings. The number of hydrogen-bond acceptors (Lipinski definition) is 2. The largest absolute Gasteiger partial charge is 0.480 e. The zero-order chi connectivity index (χ0) is 11.3. The van der Waals surface area contributed by atoms with E-state index in [1.807, 2.05) is 6.07 Å². The highest BCUT2D eigenvalue weighted by Gasteiger charge is 2.19. The van der Waals surface area contributed by atoms with E-state index in [1.165, 1.54) is 0 Å². The Hall–Kier alpha value is -1.24. The molecule has 0 aliphatic heterocycles. The highest BCUT2D eigenvalue weighted by atomic mass is 32.2. The Morgan fingerprint density at radius 1 is 1.40 bits per heavy atom. The van der Waals surface area contributed by atoms with Gasteiger partial charge in [-0.15, -0.1) is 0 Å². The minimum absolute atomic E-state index is 0.169. The second kappa shape index (κ2) is 5.59. The van der Waals surface area contributed by atoms with Gasteiger partial charge in [0.05, 0.1) is 0 Å². The molecule has 0 saturated carbocycles. The number of carboxylic acids is 1. The summed E-state index contributed by atoms with van der Waals surface area (Å²) in [6, 6.07) is 7.85. The van der Waals surface area contributed by atoms with Crippen LogP contribution in [0, 0.1) is 0 Å². The highest BCUT2D eigenvalue weighted by molar-refractivity contribution is 7.77. The van der Waals surface area contributed by atoms with Crippen molar-refractivity contribution >= 4 is 17.2 Å². The smallest absolute Gasteiger partial charge is 0.322 e. The Morgan fingerprint density at radius 2 is 2.00 bits per heavy atom. The summed E-state index contributed by atoms with van der Waals surface area (Å²) < 4.78 is 21.0. The van der Waals surface area contributed by atoms with Gasteiger partial charge in [-0.3, -0.25) is 9.35 Å². The van der Waals surface area contributed by atoms with Crippen LogP contribution in [0.1, 0.15) is 5.56 Å². The molecule has 0 aliphatic carbocycles. The van der Waals surface area contributed by atoms with Crippen LogP contribution >= 0.6 is 0 Å². The van der Waals surface area contributed by atoms with E-state index in [1.54, 1.807) is 24.3 Å². The number of hydrogen-bond donors (Lipinski definition) is 3. The molecule has 2 atom stereocenters. The normalized spacial score (nSPS) is 14.5. The third kappa shape index (κ3) is 4.20. The molecule has 0 heterocycles. The van der Waals surface area contributed by atoms with Crippen LogP contribution in [0.3, 0.4) is 0 Å². The second-order valence-electron chi connectivity index (χ2n) is 2.95. The predicted octanol–water partition coefficient (Wildman–Crippen LogP) is 0.409. The fourth-order valence-electron chi connectivity index (χ4n) is 1.15. The van der Waals surface area contributed by atoms with Crippen LogP contribution in [0.2, 0.25) is 0 Å². The van der Waals surface area contributed by atoms with E-state index < -0.39 is 23.3 Å². The number of carbonyl (C=O) groups is 1. The maximum atomic E-state index is 10.7. The first-order valence-electron chi connectivity index (χ1n) is 4.23. The van der Waals surface area contributed by atoms with Crippen LogP contribution < -0.4 is 4.72 Å². The molecule has 0 bridgehead atoms. The van der Waals surface area contributed by atoms with Gasteiger partial charge in [-0.1, -0.05) is 30.3 Å². The van der Waals surface area contributed by atoms with E-state index in [0.717, 1.165) is 5.56 Å². The van der Waals surface area contributed by atoms with Crippen LogP contribution in [-0.2, 0) is 22.5 Å². The molecule has 6 heteroatoms. The molecule has 82 valence electrons. The first-order chi connectivity index (χ1) is 7.09. The summed E-state index contributed by atoms with van der Waals surface area (Å²) in [6.07, 6.45) is 0.169. The van der Waals surface area contributed by atoms with E-state index in [0.29, 0.717) is 0 Å². The van der Waals surface area contributed by atoms with Crippen molar-refractivity contribution in [1.29, 1.82) is 0 Å². The molecule has 0 fully saturated rings. The molecule has 0 amide bonds. The van der Waals surface area contributed by atoms with Gasteiger partial charge in [0.1, 0.15) is 6.04 Å². The van der Waals surface area contributed by atoms with Gasteiger partial charge in [-0.2, -0.15) is 4.72 Å². The van der Waals surface area contributed by atoms with Crippen molar-refractivity contribution in [3.05, 3.63) is 35.9 Å². The zero-order valence-corrected chi connectivity index (χ0v) is 8.61. The quantitative estimate of drug-likeness (QED) is 0.638. The van der Waals surface area contributed by atoms with E-state index in [-0.39, 0.29) is 6.42 Å². The number of rotatable bonds is 5. The van der Waals surface area contributed by atoms with Crippen molar-refractivity contribution in [3.63, 3.8) is 0 Å². The van der Waals surface area contributed by atoms with Crippen LogP contribution in [0.5, 0.6) is 0 Å². The fourth-order valence-corrected chi connectivity index (χ4v) is 1.58. The van der Waals surface area contributed by atoms with Crippen LogP contribution in [-0.4, -0.2) is 25.9 Å². The van der Waals surface area contributed by atoms with Gasteiger partial charge < -0.3 is 5.11 Å². The monoisotopic (exact) mass is 229 g/mol. The van der Waals surface area contributed by atoms with E-state index in [2.05, 4.69) is 4.72 Å². The minimum atomic E-state index is -2.32. The predicted molar refractivity (Wildman–Crippen MR) is 55.5 cm³/mol. The molecule has 1 rings (SSSR count). The van der Waals surface area contributed by atoms with Gasteiger partial charge in [0.2, 0.25) is 11.3 Å². The first-order valence-corrected chi connectivity index (χ1v) is 5.34. The van der Waals surface area contributed by atoms with Crippen molar-refractivity contribution < 1.29 is 18.7 Å². The lowest BCUT2D eigenvalue weighted by Crippen LogP contribution is -2.39. The van der Waals surface area contributed by atoms with Crippen molar-refractivity contribution in [2.75, 3.05) is 0 Å². The Balaban J connectivity index is 2.67. The molecule has 3 N–H and O–H groups in total. The van der Waals surface area contributed by atoms with Gasteiger partial charge in [0.15, 0.2) is 0 Å². The molecule has 0 saturated heterocycles. The summed E-state index contributed by atoms with van der Waals surface area (Å²) in [5.74, 6) is -1.15. The average molecular weight is 229 g/mol. The lowest BCUT2D eigenvalue weighted by molar-refractivity contribution is -0.138. The number of aliphatic carboxylic acids is 1. The van der Waals surface area contributed by atoms with Crippen molar-refractivity contribution in [1.82, 2.24) is 4.72 Å². The number of nitrogens with one attached hydrogen (secondary N) is 1. The van der Waals surface area contributed by atoms with E-state index in [4.69, 9.17) is 9.66 Å². The lowest BCUT2D eigenvalue weighted by atomic mass is 10.1. The molecule has 0 spiro atoms. The van der Waals surface area contributed by atoms with Crippen molar-refractivity contribution in [2.45, 2.75) is 12.5 Å². The Labute approximate surface area is 89.5 Å². The summed E-state index contributed by atoms with van der Waals surface area (Å²) in [7, 11) is 0. The summed E-state index contributed by atoms with van der Waals surface area (Å²) in [5, 5.41) is 8.78. The maximum absolute atomic E-state index is 10.7. The Morgan fingerprint density at radius 3 is 2.47 bits per heavy atom. The van der Waals surface area contributed by atoms with Crippen LogP contribution in [0.15, 0.2) is 30.3 Å². The van der Waals surface area contributed by atoms with Gasteiger partial charge in [0.25, 0.3) is 0 Å². The molecule has 0 radical (unpaired) electrons. The maximum Gasteiger partial charge on any atom is 0.322 e. The fraction of sp³-hybridized carbons (Fsp3) is 0.222. The summed E-state index contributed by atoms with van der Waals surface area (Å²) >= 11 is -2.32. The SMILES string of the molecule is O=C(O)C(Cc1ccccc1)NS(=O)O. The minimum Gasteiger partial charge on any atom is -0.480 e. The summed E-state index contributed by atoms with van der Waals surface area (Å²) in [5.41, 5.74) is 0.794. The van der Waals surface area contributed by atoms with Crippen molar-refractivity contribution in [2.24, 2.45) is 0 Å². The molecule has 5 nitrogen and oxygen atoms in total. The van der Waals surface area contributed by atoms with Gasteiger partial charge in [0, 0.05) is 0 Å². The molecular weight excluding hydrogens is 218 g/mol. The first kappa shape index (κ1) is 11.8. The summed E-state index contributed by atoms with van der Waals surface area (Å²) in [6.45, 7) is 0. The topological polar surface area (TPSA) is 86.6 Å². The average Bonchev–Trinajstić information content (AvgIpc) is 2.17. The van der Waals surface area contributed by atoms with E-state index in [9.17, 15) is 9.00 Å². The lowest BCUT2D eigenvalue weighted by Gasteiger charge is -2.11. The second-order valence-corrected chi connectivity index (χ2v) is 3.68. The standard InChI is InChI=1S/C9H11NO4S/c11-9(12)8(10-15(13)14)6-7-4-2-1-3-5-7/h1-5,8,10H,6H2,(H,11,12)(H,13,14). The zero-order valence-electron chi connectivity index (χ0n) is 7.79. The number of benzene rings is 1. The van der Waals surface area contributed by atoms with Gasteiger partial charge in [-0.25, -0.2) is 4.21 Å². The molecule has 0 aliphatic rings. The molecule has 15 heavy (non-hydrogen) atoms. The highest BCUT2D eigenvalue weighted by Crippen LogP contribution is 2.03. The van der Waals surface area contributed by atoms with Gasteiger partial charge >= 0.3 is 5.97 Å². The van der Waals surface area contributed by atoms with E-state index >= 15 is 0 Å². The van der Waals surface area contributed by atoms with Crippen molar-refractivity contribution in [3.8, 4) is 0 Å². The van der Waals surface area contributed by atoms with Gasteiger partial charge in [-0.05, 0) is 12.0 Å². The molecule has 1 aromatic carbocycles. The Bertz CT molecular complexity index is 354. The van der Waals surface area contributed by atoms with Crippen LogP contribution in [0.4, 0.5) is 0 Å². The third-order valence-corrected chi connectivity index (χ3v) is 2.31. The molecular formula is C9H11NO4S. The molecule has 2 unspecified atom stereocenters. The summed E-state index contributed by atoms with van der Waals surface area (Å²) in [4.78, 5) is 10.7. The number of carboxylic acid groups (broad SMARTS) is 1. The third-order valence-electron chi connectivity index (χ3n) is 1.82. The Kier molecular flexibility index (Phi) is 4.41. The molecule has 0 aromatic heterocycles. The van der Waals surface area contributed by atoms with Crippen LogP contribution in [0.25, 0.3) is 0 Å².